The van der Waals surface area contributed by atoms with Crippen molar-refractivity contribution in [1.29, 1.82) is 0 Å². The van der Waals surface area contributed by atoms with E-state index < -0.39 is 0 Å². The minimum Gasteiger partial charge on any atom is -0.349 e. The largest absolute Gasteiger partial charge is 0.349 e. The van der Waals surface area contributed by atoms with Crippen molar-refractivity contribution in [2.24, 2.45) is 5.92 Å². The zero-order chi connectivity index (χ0) is 17.9. The summed E-state index contributed by atoms with van der Waals surface area (Å²) in [5.41, 5.74) is 2.61. The van der Waals surface area contributed by atoms with Gasteiger partial charge in [-0.3, -0.25) is 9.59 Å². The molecule has 1 aromatic heterocycles. The predicted molar refractivity (Wildman–Crippen MR) is 103 cm³/mol. The zero-order valence-corrected chi connectivity index (χ0v) is 15.6. The van der Waals surface area contributed by atoms with Crippen LogP contribution in [0.3, 0.4) is 0 Å². The maximum atomic E-state index is 12.9. The lowest BCUT2D eigenvalue weighted by Crippen LogP contribution is -2.46. The summed E-state index contributed by atoms with van der Waals surface area (Å²) >= 11 is 1.46. The SMILES string of the molecule is O=C(NC1CCCc2ccccc21)C1CCCN(C(=O)c2cccs2)C1. The van der Waals surface area contributed by atoms with Gasteiger partial charge in [0.25, 0.3) is 5.91 Å². The van der Waals surface area contributed by atoms with Crippen LogP contribution in [0.4, 0.5) is 0 Å². The molecule has 2 aromatic rings. The number of rotatable bonds is 3. The van der Waals surface area contributed by atoms with E-state index in [1.54, 1.807) is 0 Å². The lowest BCUT2D eigenvalue weighted by Gasteiger charge is -2.33. The maximum Gasteiger partial charge on any atom is 0.263 e. The summed E-state index contributed by atoms with van der Waals surface area (Å²) in [6, 6.07) is 12.3. The van der Waals surface area contributed by atoms with E-state index in [1.165, 1.54) is 22.5 Å². The summed E-state index contributed by atoms with van der Waals surface area (Å²) in [5, 5.41) is 5.18. The number of hydrogen-bond donors (Lipinski definition) is 1. The van der Waals surface area contributed by atoms with Gasteiger partial charge in [0.1, 0.15) is 0 Å². The number of nitrogens with zero attached hydrogens (tertiary/aromatic N) is 1. The topological polar surface area (TPSA) is 49.4 Å². The average Bonchev–Trinajstić information content (AvgIpc) is 3.22. The Balaban J connectivity index is 1.41. The fourth-order valence-electron chi connectivity index (χ4n) is 4.13. The zero-order valence-electron chi connectivity index (χ0n) is 14.8. The average molecular weight is 369 g/mol. The smallest absolute Gasteiger partial charge is 0.263 e. The molecule has 4 nitrogen and oxygen atoms in total. The first-order valence-corrected chi connectivity index (χ1v) is 10.3. The summed E-state index contributed by atoms with van der Waals surface area (Å²) in [6.07, 6.45) is 4.93. The highest BCUT2D eigenvalue weighted by atomic mass is 32.1. The highest BCUT2D eigenvalue weighted by Crippen LogP contribution is 2.30. The molecular weight excluding hydrogens is 344 g/mol. The molecule has 1 aromatic carbocycles. The molecule has 2 unspecified atom stereocenters. The van der Waals surface area contributed by atoms with Crippen LogP contribution >= 0.6 is 11.3 Å². The third-order valence-electron chi connectivity index (χ3n) is 5.50. The third-order valence-corrected chi connectivity index (χ3v) is 6.36. The Morgan fingerprint density at radius 1 is 1.08 bits per heavy atom. The van der Waals surface area contributed by atoms with Crippen LogP contribution in [0.25, 0.3) is 0 Å². The fraction of sp³-hybridized carbons (Fsp3) is 0.429. The van der Waals surface area contributed by atoms with E-state index in [-0.39, 0.29) is 23.8 Å². The minimum atomic E-state index is -0.109. The van der Waals surface area contributed by atoms with Crippen molar-refractivity contribution in [3.63, 3.8) is 0 Å². The number of piperidine rings is 1. The van der Waals surface area contributed by atoms with Crippen LogP contribution in [0.1, 0.15) is 52.5 Å². The molecular formula is C21H24N2O2S. The van der Waals surface area contributed by atoms with Crippen LogP contribution in [0.2, 0.25) is 0 Å². The van der Waals surface area contributed by atoms with Crippen LogP contribution in [0.5, 0.6) is 0 Å². The van der Waals surface area contributed by atoms with Gasteiger partial charge < -0.3 is 10.2 Å². The van der Waals surface area contributed by atoms with Crippen LogP contribution in [0, 0.1) is 5.92 Å². The molecule has 1 aliphatic heterocycles. The molecule has 4 rings (SSSR count). The molecule has 1 fully saturated rings. The monoisotopic (exact) mass is 368 g/mol. The Morgan fingerprint density at radius 3 is 2.81 bits per heavy atom. The maximum absolute atomic E-state index is 12.9. The first-order chi connectivity index (χ1) is 12.7. The van der Waals surface area contributed by atoms with Crippen LogP contribution in [-0.4, -0.2) is 29.8 Å². The van der Waals surface area contributed by atoms with Crippen molar-refractivity contribution < 1.29 is 9.59 Å². The van der Waals surface area contributed by atoms with E-state index in [0.29, 0.717) is 6.54 Å². The van der Waals surface area contributed by atoms with E-state index in [1.807, 2.05) is 28.5 Å². The predicted octanol–water partition coefficient (Wildman–Crippen LogP) is 3.79. The molecule has 1 saturated heterocycles. The molecule has 2 amide bonds. The van der Waals surface area contributed by atoms with E-state index in [0.717, 1.165) is 43.5 Å². The summed E-state index contributed by atoms with van der Waals surface area (Å²) in [7, 11) is 0. The Kier molecular flexibility index (Phi) is 5.07. The van der Waals surface area contributed by atoms with Gasteiger partial charge in [-0.25, -0.2) is 0 Å². The molecule has 1 N–H and O–H groups in total. The molecule has 2 heterocycles. The van der Waals surface area contributed by atoms with Crippen molar-refractivity contribution in [1.82, 2.24) is 10.2 Å². The van der Waals surface area contributed by atoms with Crippen molar-refractivity contribution in [3.05, 3.63) is 57.8 Å². The Bertz CT molecular complexity index is 787. The fourth-order valence-corrected chi connectivity index (χ4v) is 4.82. The van der Waals surface area contributed by atoms with Crippen molar-refractivity contribution >= 4 is 23.2 Å². The molecule has 0 radical (unpaired) electrons. The lowest BCUT2D eigenvalue weighted by atomic mass is 9.87. The van der Waals surface area contributed by atoms with Gasteiger partial charge in [0.15, 0.2) is 0 Å². The Morgan fingerprint density at radius 2 is 1.96 bits per heavy atom. The van der Waals surface area contributed by atoms with Gasteiger partial charge in [-0.2, -0.15) is 0 Å². The van der Waals surface area contributed by atoms with E-state index in [4.69, 9.17) is 0 Å². The number of nitrogens with one attached hydrogen (secondary N) is 1. The van der Waals surface area contributed by atoms with Crippen molar-refractivity contribution in [2.75, 3.05) is 13.1 Å². The van der Waals surface area contributed by atoms with Gasteiger partial charge >= 0.3 is 0 Å². The van der Waals surface area contributed by atoms with Crippen molar-refractivity contribution in [3.8, 4) is 0 Å². The Hall–Kier alpha value is -2.14. The number of amides is 2. The lowest BCUT2D eigenvalue weighted by molar-refractivity contribution is -0.127. The molecule has 0 spiro atoms. The van der Waals surface area contributed by atoms with Crippen LogP contribution in [0.15, 0.2) is 41.8 Å². The standard InChI is InChI=1S/C21H24N2O2S/c24-20(22-18-10-3-7-15-6-1-2-9-17(15)18)16-8-4-12-23(14-16)21(25)19-11-5-13-26-19/h1-2,5-6,9,11,13,16,18H,3-4,7-8,10,12,14H2,(H,22,24). The molecule has 0 saturated carbocycles. The van der Waals surface area contributed by atoms with Crippen LogP contribution < -0.4 is 5.32 Å². The molecule has 2 atom stereocenters. The molecule has 26 heavy (non-hydrogen) atoms. The number of benzene rings is 1. The highest BCUT2D eigenvalue weighted by molar-refractivity contribution is 7.12. The number of thiophene rings is 1. The third kappa shape index (κ3) is 3.54. The van der Waals surface area contributed by atoms with Gasteiger partial charge in [0.2, 0.25) is 5.91 Å². The first-order valence-electron chi connectivity index (χ1n) is 9.43. The van der Waals surface area contributed by atoms with Gasteiger partial charge in [0.05, 0.1) is 16.8 Å². The molecule has 136 valence electrons. The number of hydrogen-bond acceptors (Lipinski definition) is 3. The van der Waals surface area contributed by atoms with Gasteiger partial charge in [-0.15, -0.1) is 11.3 Å². The number of fused-ring (bicyclic) bond motifs is 1. The summed E-state index contributed by atoms with van der Waals surface area (Å²) in [4.78, 5) is 28.1. The second-order valence-corrected chi connectivity index (χ2v) is 8.17. The summed E-state index contributed by atoms with van der Waals surface area (Å²) < 4.78 is 0. The van der Waals surface area contributed by atoms with Crippen molar-refractivity contribution in [2.45, 2.75) is 38.1 Å². The van der Waals surface area contributed by atoms with Gasteiger partial charge in [-0.1, -0.05) is 30.3 Å². The van der Waals surface area contributed by atoms with E-state index in [2.05, 4.69) is 23.5 Å². The first kappa shape index (κ1) is 17.3. The van der Waals surface area contributed by atoms with Gasteiger partial charge in [-0.05, 0) is 54.7 Å². The molecule has 0 bridgehead atoms. The van der Waals surface area contributed by atoms with E-state index >= 15 is 0 Å². The Labute approximate surface area is 158 Å². The van der Waals surface area contributed by atoms with E-state index in [9.17, 15) is 9.59 Å². The molecule has 1 aliphatic carbocycles. The minimum absolute atomic E-state index is 0.0560. The van der Waals surface area contributed by atoms with Gasteiger partial charge in [0, 0.05) is 13.1 Å². The second-order valence-electron chi connectivity index (χ2n) is 7.22. The highest BCUT2D eigenvalue weighted by Gasteiger charge is 2.31. The molecule has 5 heteroatoms. The summed E-state index contributed by atoms with van der Waals surface area (Å²) in [5.74, 6) is 0.0395. The summed E-state index contributed by atoms with van der Waals surface area (Å²) in [6.45, 7) is 1.27. The number of carbonyl (C=O) groups excluding carboxylic acids is 2. The molecule has 2 aliphatic rings. The second kappa shape index (κ2) is 7.62. The number of likely N-dealkylation sites (tertiary alicyclic amines) is 1. The van der Waals surface area contributed by atoms with Crippen LogP contribution in [-0.2, 0) is 11.2 Å². The normalized spacial score (nSPS) is 22.5. The quantitative estimate of drug-likeness (QED) is 0.896. The number of aryl methyl sites for hydroxylation is 1. The number of carbonyl (C=O) groups is 2.